The predicted octanol–water partition coefficient (Wildman–Crippen LogP) is 7.77. The normalized spacial score (nSPS) is 19.3. The fourth-order valence-corrected chi connectivity index (χ4v) is 5.08. The average molecular weight is 447 g/mol. The van der Waals surface area contributed by atoms with Crippen molar-refractivity contribution in [1.82, 2.24) is 4.98 Å². The van der Waals surface area contributed by atoms with Gasteiger partial charge in [0.1, 0.15) is 0 Å². The molecule has 3 nitrogen and oxygen atoms in total. The van der Waals surface area contributed by atoms with E-state index >= 15 is 0 Å². The van der Waals surface area contributed by atoms with Crippen molar-refractivity contribution in [2.45, 2.75) is 51.9 Å². The maximum absolute atomic E-state index is 13.3. The highest BCUT2D eigenvalue weighted by atomic mass is 35.5. The first-order chi connectivity index (χ1) is 15.5. The second-order valence-electron chi connectivity index (χ2n) is 9.15. The summed E-state index contributed by atoms with van der Waals surface area (Å²) in [6.07, 6.45) is 9.27. The smallest absolute Gasteiger partial charge is 0.228 e. The highest BCUT2D eigenvalue weighted by Crippen LogP contribution is 2.41. The van der Waals surface area contributed by atoms with E-state index in [1.165, 1.54) is 16.5 Å². The molecule has 0 bridgehead atoms. The third kappa shape index (κ3) is 5.39. The number of carbonyl (C=O) groups excluding carboxylic acids is 1. The predicted molar refractivity (Wildman–Crippen MR) is 134 cm³/mol. The van der Waals surface area contributed by atoms with Crippen molar-refractivity contribution in [3.8, 4) is 0 Å². The molecule has 1 aliphatic carbocycles. The van der Waals surface area contributed by atoms with Gasteiger partial charge in [0.15, 0.2) is 0 Å². The molecule has 1 N–H and O–H groups in total. The first kappa shape index (κ1) is 22.5. The Kier molecular flexibility index (Phi) is 7.26. The van der Waals surface area contributed by atoms with Crippen LogP contribution in [0.15, 0.2) is 72.4 Å². The molecule has 32 heavy (non-hydrogen) atoms. The molecule has 0 aliphatic heterocycles. The van der Waals surface area contributed by atoms with Gasteiger partial charge >= 0.3 is 0 Å². The number of aromatic nitrogens is 1. The number of fused-ring (bicyclic) bond motifs is 1. The highest BCUT2D eigenvalue weighted by Gasteiger charge is 2.32. The van der Waals surface area contributed by atoms with E-state index in [4.69, 9.17) is 11.6 Å². The van der Waals surface area contributed by atoms with Gasteiger partial charge in [0.25, 0.3) is 0 Å². The molecule has 0 radical (unpaired) electrons. The lowest BCUT2D eigenvalue weighted by molar-refractivity contribution is -0.121. The summed E-state index contributed by atoms with van der Waals surface area (Å²) >= 11 is 5.99. The van der Waals surface area contributed by atoms with E-state index in [-0.39, 0.29) is 11.8 Å². The zero-order valence-corrected chi connectivity index (χ0v) is 19.6. The van der Waals surface area contributed by atoms with Crippen LogP contribution in [-0.4, -0.2) is 10.9 Å². The summed E-state index contributed by atoms with van der Waals surface area (Å²) in [7, 11) is 0. The summed E-state index contributed by atoms with van der Waals surface area (Å²) < 4.78 is 0. The molecule has 1 fully saturated rings. The molecule has 1 saturated carbocycles. The topological polar surface area (TPSA) is 42.0 Å². The minimum absolute atomic E-state index is 0.0179. The zero-order chi connectivity index (χ0) is 22.5. The number of halogens is 1. The SMILES string of the molecule is CC(C)=CC[C@@H](C(=O)Nc1ccc(Cl)cc1)C1CCC(c2ccnc3ccccc23)CC1. The molecule has 3 aromatic rings. The van der Waals surface area contributed by atoms with Crippen molar-refractivity contribution in [1.29, 1.82) is 0 Å². The third-order valence-electron chi connectivity index (χ3n) is 6.69. The second kappa shape index (κ2) is 10.3. The van der Waals surface area contributed by atoms with Gasteiger partial charge in [-0.25, -0.2) is 0 Å². The summed E-state index contributed by atoms with van der Waals surface area (Å²) in [6, 6.07) is 17.9. The second-order valence-corrected chi connectivity index (χ2v) is 9.59. The zero-order valence-electron chi connectivity index (χ0n) is 18.9. The van der Waals surface area contributed by atoms with Crippen LogP contribution in [-0.2, 0) is 4.79 Å². The van der Waals surface area contributed by atoms with Gasteiger partial charge in [-0.3, -0.25) is 9.78 Å². The van der Waals surface area contributed by atoms with Crippen LogP contribution in [0.2, 0.25) is 5.02 Å². The van der Waals surface area contributed by atoms with Crippen molar-refractivity contribution in [2.75, 3.05) is 5.32 Å². The van der Waals surface area contributed by atoms with Crippen LogP contribution in [0.3, 0.4) is 0 Å². The van der Waals surface area contributed by atoms with E-state index in [1.807, 2.05) is 36.5 Å². The van der Waals surface area contributed by atoms with Crippen LogP contribution in [0.4, 0.5) is 5.69 Å². The number of amides is 1. The Morgan fingerprint density at radius 1 is 1.06 bits per heavy atom. The van der Waals surface area contributed by atoms with Gasteiger partial charge in [0.05, 0.1) is 5.52 Å². The number of rotatable bonds is 6. The highest BCUT2D eigenvalue weighted by molar-refractivity contribution is 6.30. The Hall–Kier alpha value is -2.65. The largest absolute Gasteiger partial charge is 0.326 e. The van der Waals surface area contributed by atoms with Crippen molar-refractivity contribution >= 4 is 34.1 Å². The van der Waals surface area contributed by atoms with Gasteiger partial charge in [0, 0.05) is 28.2 Å². The maximum Gasteiger partial charge on any atom is 0.228 e. The van der Waals surface area contributed by atoms with Gasteiger partial charge < -0.3 is 5.32 Å². The summed E-state index contributed by atoms with van der Waals surface area (Å²) in [6.45, 7) is 4.19. The molecule has 0 unspecified atom stereocenters. The number of pyridine rings is 1. The van der Waals surface area contributed by atoms with E-state index in [1.54, 1.807) is 0 Å². The molecule has 1 atom stereocenters. The summed E-state index contributed by atoms with van der Waals surface area (Å²) in [5, 5.41) is 5.06. The van der Waals surface area contributed by atoms with E-state index in [0.717, 1.165) is 43.3 Å². The molecule has 1 amide bonds. The summed E-state index contributed by atoms with van der Waals surface area (Å²) in [5.74, 6) is 1.02. The summed E-state index contributed by atoms with van der Waals surface area (Å²) in [5.41, 5.74) is 4.53. The van der Waals surface area contributed by atoms with Crippen molar-refractivity contribution in [2.24, 2.45) is 11.8 Å². The van der Waals surface area contributed by atoms with Crippen LogP contribution in [0.1, 0.15) is 57.4 Å². The number of hydrogen-bond acceptors (Lipinski definition) is 2. The minimum Gasteiger partial charge on any atom is -0.326 e. The molecule has 4 rings (SSSR count). The van der Waals surface area contributed by atoms with Crippen molar-refractivity contribution in [3.63, 3.8) is 0 Å². The molecule has 0 saturated heterocycles. The molecular formula is C28H31ClN2O. The number of carbonyl (C=O) groups is 1. The Bertz CT molecular complexity index is 1090. The number of para-hydroxylation sites is 1. The van der Waals surface area contributed by atoms with Crippen LogP contribution < -0.4 is 5.32 Å². The molecule has 1 heterocycles. The number of anilines is 1. The fraction of sp³-hybridized carbons (Fsp3) is 0.357. The Labute approximate surface area is 195 Å². The van der Waals surface area contributed by atoms with E-state index in [0.29, 0.717) is 16.9 Å². The lowest BCUT2D eigenvalue weighted by Crippen LogP contribution is -2.31. The van der Waals surface area contributed by atoms with Crippen LogP contribution in [0.25, 0.3) is 10.9 Å². The monoisotopic (exact) mass is 446 g/mol. The first-order valence-corrected chi connectivity index (χ1v) is 11.9. The average Bonchev–Trinajstić information content (AvgIpc) is 2.80. The van der Waals surface area contributed by atoms with Gasteiger partial charge in [-0.2, -0.15) is 0 Å². The quantitative estimate of drug-likeness (QED) is 0.393. The number of allylic oxidation sites excluding steroid dienone is 2. The number of hydrogen-bond donors (Lipinski definition) is 1. The Morgan fingerprint density at radius 2 is 1.78 bits per heavy atom. The van der Waals surface area contributed by atoms with Crippen molar-refractivity contribution in [3.05, 3.63) is 83.0 Å². The lowest BCUT2D eigenvalue weighted by atomic mass is 9.72. The molecule has 4 heteroatoms. The van der Waals surface area contributed by atoms with Gasteiger partial charge in [-0.15, -0.1) is 0 Å². The maximum atomic E-state index is 13.3. The van der Waals surface area contributed by atoms with Gasteiger partial charge in [-0.05, 0) is 99.7 Å². The number of benzene rings is 2. The molecule has 1 aliphatic rings. The van der Waals surface area contributed by atoms with Crippen LogP contribution in [0.5, 0.6) is 0 Å². The molecule has 166 valence electrons. The van der Waals surface area contributed by atoms with E-state index < -0.39 is 0 Å². The van der Waals surface area contributed by atoms with Crippen molar-refractivity contribution < 1.29 is 4.79 Å². The minimum atomic E-state index is -0.0179. The number of nitrogens with zero attached hydrogens (tertiary/aromatic N) is 1. The van der Waals surface area contributed by atoms with Gasteiger partial charge in [-0.1, -0.05) is 41.4 Å². The molecule has 1 aromatic heterocycles. The van der Waals surface area contributed by atoms with E-state index in [9.17, 15) is 4.79 Å². The third-order valence-corrected chi connectivity index (χ3v) is 6.94. The number of nitrogens with one attached hydrogen (secondary N) is 1. The van der Waals surface area contributed by atoms with Crippen LogP contribution >= 0.6 is 11.6 Å². The molecular weight excluding hydrogens is 416 g/mol. The standard InChI is InChI=1S/C28H31ClN2O/c1-19(2)7-16-25(28(32)31-23-14-12-22(29)13-15-23)21-10-8-20(9-11-21)24-17-18-30-27-6-4-3-5-26(24)27/h3-7,12-15,17-18,20-21,25H,8-11,16H2,1-2H3,(H,31,32)/t20?,21?,25-/m1/s1. The summed E-state index contributed by atoms with van der Waals surface area (Å²) in [4.78, 5) is 17.8. The van der Waals surface area contributed by atoms with Crippen LogP contribution in [0, 0.1) is 11.8 Å². The molecule has 0 spiro atoms. The lowest BCUT2D eigenvalue weighted by Gasteiger charge is -2.33. The van der Waals surface area contributed by atoms with E-state index in [2.05, 4.69) is 54.5 Å². The van der Waals surface area contributed by atoms with Gasteiger partial charge in [0.2, 0.25) is 5.91 Å². The Morgan fingerprint density at radius 3 is 2.50 bits per heavy atom. The first-order valence-electron chi connectivity index (χ1n) is 11.5. The Balaban J connectivity index is 1.47. The fourth-order valence-electron chi connectivity index (χ4n) is 4.95. The molecule has 2 aromatic carbocycles.